The van der Waals surface area contributed by atoms with Crippen molar-refractivity contribution in [3.8, 4) is 0 Å². The molecule has 20 heavy (non-hydrogen) atoms. The Morgan fingerprint density at radius 3 is 2.35 bits per heavy atom. The topological polar surface area (TPSA) is 41.3 Å². The number of rotatable bonds is 2. The van der Waals surface area contributed by atoms with Crippen LogP contribution in [-0.2, 0) is 6.18 Å². The van der Waals surface area contributed by atoms with Crippen molar-refractivity contribution in [1.82, 2.24) is 5.01 Å². The van der Waals surface area contributed by atoms with Crippen LogP contribution in [0.4, 0.5) is 24.5 Å². The highest BCUT2D eigenvalue weighted by molar-refractivity contribution is 5.58. The Kier molecular flexibility index (Phi) is 4.13. The Morgan fingerprint density at radius 1 is 1.20 bits per heavy atom. The lowest BCUT2D eigenvalue weighted by molar-refractivity contribution is -0.136. The second-order valence-corrected chi connectivity index (χ2v) is 5.45. The summed E-state index contributed by atoms with van der Waals surface area (Å²) >= 11 is 0. The van der Waals surface area contributed by atoms with Gasteiger partial charge in [0, 0.05) is 23.5 Å². The summed E-state index contributed by atoms with van der Waals surface area (Å²) in [7, 11) is 0. The predicted octanol–water partition coefficient (Wildman–Crippen LogP) is 3.88. The van der Waals surface area contributed by atoms with E-state index in [9.17, 15) is 13.2 Å². The standard InChI is InChI=1S/C14H20F3N3/c1-9-4-3-5-10(2)20(9)19-11-6-7-13(18)12(8-11)14(15,16)17/h6-10,19H,3-5,18H2,1-2H3. The number of hydrogen-bond acceptors (Lipinski definition) is 3. The van der Waals surface area contributed by atoms with Crippen molar-refractivity contribution in [3.05, 3.63) is 23.8 Å². The number of hydrogen-bond donors (Lipinski definition) is 2. The molecule has 0 aromatic heterocycles. The molecule has 2 rings (SSSR count). The lowest BCUT2D eigenvalue weighted by Gasteiger charge is -2.39. The van der Waals surface area contributed by atoms with Gasteiger partial charge in [-0.1, -0.05) is 6.42 Å². The largest absolute Gasteiger partial charge is 0.418 e. The van der Waals surface area contributed by atoms with Gasteiger partial charge in [-0.05, 0) is 44.9 Å². The quantitative estimate of drug-likeness (QED) is 0.811. The van der Waals surface area contributed by atoms with E-state index in [4.69, 9.17) is 5.73 Å². The van der Waals surface area contributed by atoms with E-state index in [0.717, 1.165) is 25.3 Å². The van der Waals surface area contributed by atoms with Crippen molar-refractivity contribution in [3.63, 3.8) is 0 Å². The number of nitrogen functional groups attached to an aromatic ring is 1. The molecule has 0 spiro atoms. The molecule has 0 aliphatic carbocycles. The highest BCUT2D eigenvalue weighted by atomic mass is 19.4. The van der Waals surface area contributed by atoms with Gasteiger partial charge in [-0.15, -0.1) is 0 Å². The average Bonchev–Trinajstić information content (AvgIpc) is 2.34. The minimum absolute atomic E-state index is 0.247. The van der Waals surface area contributed by atoms with Crippen LogP contribution in [0.25, 0.3) is 0 Å². The number of benzene rings is 1. The van der Waals surface area contributed by atoms with Crippen molar-refractivity contribution in [1.29, 1.82) is 0 Å². The summed E-state index contributed by atoms with van der Waals surface area (Å²) in [6, 6.07) is 4.54. The number of nitrogens with one attached hydrogen (secondary N) is 1. The van der Waals surface area contributed by atoms with Crippen molar-refractivity contribution >= 4 is 11.4 Å². The summed E-state index contributed by atoms with van der Waals surface area (Å²) in [6.45, 7) is 4.15. The minimum atomic E-state index is -4.43. The fourth-order valence-corrected chi connectivity index (χ4v) is 2.66. The first-order valence-corrected chi connectivity index (χ1v) is 6.80. The Balaban J connectivity index is 2.21. The summed E-state index contributed by atoms with van der Waals surface area (Å²) in [5.74, 6) is 0. The van der Waals surface area contributed by atoms with Crippen molar-refractivity contribution in [2.45, 2.75) is 51.4 Å². The molecule has 2 atom stereocenters. The molecule has 0 saturated carbocycles. The normalized spacial score (nSPS) is 24.6. The zero-order valence-electron chi connectivity index (χ0n) is 11.7. The molecule has 1 aromatic carbocycles. The number of halogens is 3. The van der Waals surface area contributed by atoms with Gasteiger partial charge < -0.3 is 11.2 Å². The smallest absolute Gasteiger partial charge is 0.398 e. The van der Waals surface area contributed by atoms with Crippen LogP contribution < -0.4 is 11.2 Å². The lowest BCUT2D eigenvalue weighted by atomic mass is 10.00. The van der Waals surface area contributed by atoms with E-state index < -0.39 is 11.7 Å². The van der Waals surface area contributed by atoms with Gasteiger partial charge in [0.2, 0.25) is 0 Å². The summed E-state index contributed by atoms with van der Waals surface area (Å²) in [5.41, 5.74) is 7.88. The van der Waals surface area contributed by atoms with Gasteiger partial charge in [0.05, 0.1) is 5.56 Å². The van der Waals surface area contributed by atoms with Gasteiger partial charge in [0.25, 0.3) is 0 Å². The molecule has 0 bridgehead atoms. The maximum absolute atomic E-state index is 12.8. The van der Waals surface area contributed by atoms with Crippen molar-refractivity contribution in [2.75, 3.05) is 11.2 Å². The SMILES string of the molecule is CC1CCCC(C)N1Nc1ccc(N)c(C(F)(F)F)c1. The van der Waals surface area contributed by atoms with E-state index in [0.29, 0.717) is 17.8 Å². The maximum atomic E-state index is 12.8. The van der Waals surface area contributed by atoms with Crippen LogP contribution in [-0.4, -0.2) is 17.1 Å². The Labute approximate surface area is 116 Å². The number of nitrogens with zero attached hydrogens (tertiary/aromatic N) is 1. The van der Waals surface area contributed by atoms with Crippen LogP contribution in [0.15, 0.2) is 18.2 Å². The third-order valence-electron chi connectivity index (χ3n) is 3.81. The summed E-state index contributed by atoms with van der Waals surface area (Å²) < 4.78 is 38.5. The average molecular weight is 287 g/mol. The molecule has 1 aliphatic rings. The molecular formula is C14H20F3N3. The van der Waals surface area contributed by atoms with Gasteiger partial charge in [-0.3, -0.25) is 0 Å². The summed E-state index contributed by atoms with van der Waals surface area (Å²) in [4.78, 5) is 0. The zero-order valence-corrected chi connectivity index (χ0v) is 11.7. The molecule has 1 aromatic rings. The molecule has 1 saturated heterocycles. The van der Waals surface area contributed by atoms with Crippen LogP contribution in [0.5, 0.6) is 0 Å². The zero-order chi connectivity index (χ0) is 14.9. The van der Waals surface area contributed by atoms with Gasteiger partial charge in [-0.2, -0.15) is 13.2 Å². The first-order chi connectivity index (χ1) is 9.29. The molecule has 3 nitrogen and oxygen atoms in total. The number of anilines is 2. The molecular weight excluding hydrogens is 267 g/mol. The van der Waals surface area contributed by atoms with Crippen molar-refractivity contribution < 1.29 is 13.2 Å². The summed E-state index contributed by atoms with van der Waals surface area (Å²) in [6.07, 6.45) is -1.20. The van der Waals surface area contributed by atoms with Crippen LogP contribution >= 0.6 is 0 Å². The number of piperidine rings is 1. The van der Waals surface area contributed by atoms with Crippen LogP contribution in [0, 0.1) is 0 Å². The summed E-state index contributed by atoms with van der Waals surface area (Å²) in [5, 5.41) is 2.02. The highest BCUT2D eigenvalue weighted by Gasteiger charge is 2.33. The van der Waals surface area contributed by atoms with E-state index in [1.807, 2.05) is 5.01 Å². The van der Waals surface area contributed by atoms with Gasteiger partial charge in [0.15, 0.2) is 0 Å². The third kappa shape index (κ3) is 3.17. The Hall–Kier alpha value is -1.43. The minimum Gasteiger partial charge on any atom is -0.398 e. The van der Waals surface area contributed by atoms with E-state index >= 15 is 0 Å². The predicted molar refractivity (Wildman–Crippen MR) is 74.1 cm³/mol. The van der Waals surface area contributed by atoms with Crippen LogP contribution in [0.1, 0.15) is 38.7 Å². The lowest BCUT2D eigenvalue weighted by Crippen LogP contribution is -2.47. The molecule has 2 unspecified atom stereocenters. The molecule has 1 fully saturated rings. The van der Waals surface area contributed by atoms with E-state index in [1.165, 1.54) is 6.07 Å². The second-order valence-electron chi connectivity index (χ2n) is 5.45. The molecule has 6 heteroatoms. The second kappa shape index (κ2) is 5.52. The Morgan fingerprint density at radius 2 is 1.80 bits per heavy atom. The van der Waals surface area contributed by atoms with Gasteiger partial charge in [-0.25, -0.2) is 5.01 Å². The third-order valence-corrected chi connectivity index (χ3v) is 3.81. The maximum Gasteiger partial charge on any atom is 0.418 e. The van der Waals surface area contributed by atoms with Crippen LogP contribution in [0.3, 0.4) is 0 Å². The van der Waals surface area contributed by atoms with E-state index in [2.05, 4.69) is 19.3 Å². The van der Waals surface area contributed by atoms with Crippen LogP contribution in [0.2, 0.25) is 0 Å². The van der Waals surface area contributed by atoms with Crippen molar-refractivity contribution in [2.24, 2.45) is 0 Å². The Bertz CT molecular complexity index is 463. The first kappa shape index (κ1) is 15.0. The monoisotopic (exact) mass is 287 g/mol. The molecule has 3 N–H and O–H groups in total. The fourth-order valence-electron chi connectivity index (χ4n) is 2.66. The van der Waals surface area contributed by atoms with E-state index in [-0.39, 0.29) is 5.69 Å². The van der Waals surface area contributed by atoms with Gasteiger partial charge in [0.1, 0.15) is 0 Å². The molecule has 1 aliphatic heterocycles. The van der Waals surface area contributed by atoms with Gasteiger partial charge >= 0.3 is 6.18 Å². The molecule has 0 radical (unpaired) electrons. The number of hydrazine groups is 1. The first-order valence-electron chi connectivity index (χ1n) is 6.80. The number of nitrogens with two attached hydrogens (primary N) is 1. The fraction of sp³-hybridized carbons (Fsp3) is 0.571. The molecule has 0 amide bonds. The highest BCUT2D eigenvalue weighted by Crippen LogP contribution is 2.35. The number of alkyl halides is 3. The molecule has 1 heterocycles. The van der Waals surface area contributed by atoms with E-state index in [1.54, 1.807) is 6.07 Å². The molecule has 112 valence electrons.